The van der Waals surface area contributed by atoms with Crippen molar-refractivity contribution in [1.29, 1.82) is 0 Å². The van der Waals surface area contributed by atoms with Crippen LogP contribution < -0.4 is 29.9 Å². The SMILES string of the molecule is C.C.CC(C)Oc1nnc(Cl)cc1N1CCOCC1.Cc1ncc(N)cc1-c1cc(N2CCOCC2)c(OC(C)C)nn1.Clc1cc(N2CCOCC2)c(Cl)nn1. The van der Waals surface area contributed by atoms with E-state index >= 15 is 0 Å². The van der Waals surface area contributed by atoms with Crippen molar-refractivity contribution in [3.8, 4) is 23.0 Å². The lowest BCUT2D eigenvalue weighted by atomic mass is 10.1. The van der Waals surface area contributed by atoms with Gasteiger partial charge in [-0.15, -0.1) is 30.6 Å². The molecule has 3 aliphatic rings. The molecule has 3 aliphatic heterocycles. The summed E-state index contributed by atoms with van der Waals surface area (Å²) in [5, 5.41) is 25.0. The summed E-state index contributed by atoms with van der Waals surface area (Å²) in [5.41, 5.74) is 11.6. The van der Waals surface area contributed by atoms with Crippen molar-refractivity contribution >= 4 is 57.6 Å². The van der Waals surface area contributed by atoms with Gasteiger partial charge in [0.05, 0.1) is 75.1 Å². The van der Waals surface area contributed by atoms with Gasteiger partial charge in [0.2, 0.25) is 0 Å². The topological polar surface area (TPSA) is 172 Å². The van der Waals surface area contributed by atoms with Crippen LogP contribution in [0.25, 0.3) is 11.3 Å². The first-order valence-corrected chi connectivity index (χ1v) is 19.3. The maximum absolute atomic E-state index is 5.91. The Morgan fingerprint density at radius 1 is 0.596 bits per heavy atom. The van der Waals surface area contributed by atoms with Crippen molar-refractivity contribution < 1.29 is 23.7 Å². The van der Waals surface area contributed by atoms with Crippen LogP contribution in [0, 0.1) is 6.92 Å². The molecule has 57 heavy (non-hydrogen) atoms. The van der Waals surface area contributed by atoms with Gasteiger partial charge in [0.15, 0.2) is 15.5 Å². The van der Waals surface area contributed by atoms with Gasteiger partial charge in [0.1, 0.15) is 11.4 Å². The van der Waals surface area contributed by atoms with Crippen LogP contribution in [-0.4, -0.2) is 127 Å². The molecule has 0 aromatic carbocycles. The lowest BCUT2D eigenvalue weighted by Gasteiger charge is -2.30. The van der Waals surface area contributed by atoms with Crippen molar-refractivity contribution in [2.75, 3.05) is 99.3 Å². The average Bonchev–Trinajstić information content (AvgIpc) is 3.19. The first kappa shape index (κ1) is 47.3. The maximum atomic E-state index is 5.91. The van der Waals surface area contributed by atoms with Gasteiger partial charge in [-0.05, 0) is 46.8 Å². The summed E-state index contributed by atoms with van der Waals surface area (Å²) < 4.78 is 27.5. The number of anilines is 4. The number of halogens is 3. The highest BCUT2D eigenvalue weighted by molar-refractivity contribution is 6.33. The molecular weight excluding hydrogens is 797 g/mol. The Bertz CT molecular complexity index is 1830. The number of nitrogens with two attached hydrogens (primary N) is 1. The molecule has 0 radical (unpaired) electrons. The number of ether oxygens (including phenoxy) is 5. The number of nitrogens with zero attached hydrogens (tertiary/aromatic N) is 10. The van der Waals surface area contributed by atoms with Crippen LogP contribution in [-0.2, 0) is 14.2 Å². The van der Waals surface area contributed by atoms with Crippen LogP contribution in [0.4, 0.5) is 22.7 Å². The molecule has 2 N–H and O–H groups in total. The van der Waals surface area contributed by atoms with E-state index in [1.54, 1.807) is 18.3 Å². The Kier molecular flexibility index (Phi) is 19.4. The van der Waals surface area contributed by atoms with Crippen LogP contribution >= 0.6 is 34.8 Å². The predicted octanol–water partition coefficient (Wildman–Crippen LogP) is 6.70. The maximum Gasteiger partial charge on any atom is 0.257 e. The summed E-state index contributed by atoms with van der Waals surface area (Å²) in [7, 11) is 0. The van der Waals surface area contributed by atoms with E-state index in [1.807, 2.05) is 46.8 Å². The first-order valence-electron chi connectivity index (χ1n) is 18.1. The zero-order chi connectivity index (χ0) is 39.3. The molecule has 0 saturated carbocycles. The molecule has 314 valence electrons. The van der Waals surface area contributed by atoms with Crippen LogP contribution in [0.3, 0.4) is 0 Å². The molecule has 0 spiro atoms. The van der Waals surface area contributed by atoms with E-state index < -0.39 is 0 Å². The third kappa shape index (κ3) is 14.1. The van der Waals surface area contributed by atoms with Gasteiger partial charge in [0.25, 0.3) is 11.8 Å². The molecule has 0 amide bonds. The second-order valence-electron chi connectivity index (χ2n) is 13.2. The summed E-state index contributed by atoms with van der Waals surface area (Å²) in [6.07, 6.45) is 1.73. The number of aryl methyl sites for hydroxylation is 1. The third-order valence-corrected chi connectivity index (χ3v) is 8.93. The van der Waals surface area contributed by atoms with Gasteiger partial charge in [-0.25, -0.2) is 0 Å². The van der Waals surface area contributed by atoms with Crippen LogP contribution in [0.15, 0.2) is 30.5 Å². The van der Waals surface area contributed by atoms with Crippen molar-refractivity contribution in [1.82, 2.24) is 35.6 Å². The summed E-state index contributed by atoms with van der Waals surface area (Å²) in [6.45, 7) is 18.9. The summed E-state index contributed by atoms with van der Waals surface area (Å²) >= 11 is 17.5. The highest BCUT2D eigenvalue weighted by atomic mass is 35.5. The van der Waals surface area contributed by atoms with Gasteiger partial charge in [-0.3, -0.25) is 4.98 Å². The average molecular weight is 853 g/mol. The first-order chi connectivity index (χ1) is 26.5. The predicted molar refractivity (Wildman–Crippen MR) is 228 cm³/mol. The Morgan fingerprint density at radius 2 is 1.02 bits per heavy atom. The van der Waals surface area contributed by atoms with Gasteiger partial charge >= 0.3 is 0 Å². The Balaban J connectivity index is 0.000000234. The second-order valence-corrected chi connectivity index (χ2v) is 14.3. The molecular formula is C38H56Cl3N11O5. The zero-order valence-electron chi connectivity index (χ0n) is 31.8. The van der Waals surface area contributed by atoms with Crippen LogP contribution in [0.2, 0.25) is 15.5 Å². The molecule has 0 atom stereocenters. The number of nitrogen functional groups attached to an aromatic ring is 1. The summed E-state index contributed by atoms with van der Waals surface area (Å²) in [4.78, 5) is 10.8. The lowest BCUT2D eigenvalue weighted by Crippen LogP contribution is -2.36. The van der Waals surface area contributed by atoms with Crippen molar-refractivity contribution in [2.24, 2.45) is 0 Å². The number of aromatic nitrogens is 7. The largest absolute Gasteiger partial charge is 0.472 e. The third-order valence-electron chi connectivity index (χ3n) is 8.29. The van der Waals surface area contributed by atoms with E-state index in [4.69, 9.17) is 64.2 Å². The highest BCUT2D eigenvalue weighted by Crippen LogP contribution is 2.33. The quantitative estimate of drug-likeness (QED) is 0.198. The summed E-state index contributed by atoms with van der Waals surface area (Å²) in [6, 6.07) is 7.39. The minimum absolute atomic E-state index is 0. The number of pyridine rings is 1. The number of morpholine rings is 3. The van der Waals surface area contributed by atoms with Crippen molar-refractivity contribution in [2.45, 2.75) is 61.7 Å². The molecule has 19 heteroatoms. The minimum Gasteiger partial charge on any atom is -0.472 e. The number of rotatable bonds is 8. The molecule has 0 aliphatic carbocycles. The molecule has 0 bridgehead atoms. The van der Waals surface area contributed by atoms with E-state index in [-0.39, 0.29) is 27.1 Å². The number of hydrogen-bond donors (Lipinski definition) is 1. The van der Waals surface area contributed by atoms with Crippen molar-refractivity contribution in [3.05, 3.63) is 51.6 Å². The van der Waals surface area contributed by atoms with E-state index in [9.17, 15) is 0 Å². The Hall–Kier alpha value is -4.06. The van der Waals surface area contributed by atoms with Crippen LogP contribution in [0.1, 0.15) is 48.2 Å². The fraction of sp³-hybridized carbons (Fsp3) is 0.553. The molecule has 16 nitrogen and oxygen atoms in total. The number of hydrogen-bond acceptors (Lipinski definition) is 16. The van der Waals surface area contributed by atoms with Gasteiger partial charge in [-0.2, -0.15) is 0 Å². The smallest absolute Gasteiger partial charge is 0.257 e. The molecule has 4 aromatic rings. The second kappa shape index (κ2) is 23.4. The Morgan fingerprint density at radius 3 is 1.51 bits per heavy atom. The molecule has 0 unspecified atom stereocenters. The van der Waals surface area contributed by atoms with Gasteiger partial charge < -0.3 is 44.1 Å². The van der Waals surface area contributed by atoms with E-state index in [1.165, 1.54) is 0 Å². The monoisotopic (exact) mass is 851 g/mol. The lowest BCUT2D eigenvalue weighted by molar-refractivity contribution is 0.122. The molecule has 7 heterocycles. The van der Waals surface area contributed by atoms with E-state index in [0.717, 1.165) is 73.3 Å². The molecule has 3 fully saturated rings. The minimum atomic E-state index is 0. The van der Waals surface area contributed by atoms with Crippen molar-refractivity contribution in [3.63, 3.8) is 0 Å². The Labute approximate surface area is 351 Å². The van der Waals surface area contributed by atoms with E-state index in [0.29, 0.717) is 72.5 Å². The van der Waals surface area contributed by atoms with E-state index in [2.05, 4.69) is 50.3 Å². The van der Waals surface area contributed by atoms with Gasteiger partial charge in [-0.1, -0.05) is 49.7 Å². The zero-order valence-corrected chi connectivity index (χ0v) is 34.0. The standard InChI is InChI=1S/C17H23N5O2.C11H16ClN3O2.C8H9Cl2N3O.2CH4/c1-11(2)24-17-16(22-4-6-23-7-5-22)9-15(20-21-17)14-8-13(18)10-19-12(14)3;1-8(2)17-11-9(7-10(12)13-14-11)15-3-5-16-6-4-15;9-7-5-6(8(10)12-11-7)13-1-3-14-4-2-13;;/h8-11H,4-7,18H2,1-3H3;7-8H,3-6H2,1-2H3;5H,1-4H2;2*1H4. The fourth-order valence-corrected chi connectivity index (χ4v) is 6.20. The highest BCUT2D eigenvalue weighted by Gasteiger charge is 2.22. The molecule has 3 saturated heterocycles. The normalized spacial score (nSPS) is 15.4. The molecule has 4 aromatic heterocycles. The summed E-state index contributed by atoms with van der Waals surface area (Å²) in [5.74, 6) is 1.08. The van der Waals surface area contributed by atoms with Gasteiger partial charge in [0, 0.05) is 62.7 Å². The molecule has 7 rings (SSSR count). The van der Waals surface area contributed by atoms with Crippen LogP contribution in [0.5, 0.6) is 11.8 Å². The fourth-order valence-electron chi connectivity index (χ4n) is 5.70.